The zero-order valence-electron chi connectivity index (χ0n) is 15.8. The molecule has 0 fully saturated rings. The van der Waals surface area contributed by atoms with Crippen LogP contribution in [0.5, 0.6) is 0 Å². The van der Waals surface area contributed by atoms with Gasteiger partial charge >= 0.3 is 0 Å². The lowest BCUT2D eigenvalue weighted by Gasteiger charge is -2.20. The summed E-state index contributed by atoms with van der Waals surface area (Å²) < 4.78 is 0. The second kappa shape index (κ2) is 6.46. The smallest absolute Gasteiger partial charge is 0.267 e. The Kier molecular flexibility index (Phi) is 3.89. The van der Waals surface area contributed by atoms with Gasteiger partial charge in [0.05, 0.1) is 29.5 Å². The molecule has 0 saturated carbocycles. The van der Waals surface area contributed by atoms with Crippen molar-refractivity contribution >= 4 is 28.1 Å². The van der Waals surface area contributed by atoms with Crippen LogP contribution >= 0.6 is 0 Å². The zero-order chi connectivity index (χ0) is 20.0. The van der Waals surface area contributed by atoms with Crippen LogP contribution in [-0.4, -0.2) is 26.2 Å². The molecular formula is C23H18N4O2. The molecular weight excluding hydrogens is 364 g/mol. The molecule has 1 aliphatic rings. The fourth-order valence-electron chi connectivity index (χ4n) is 3.88. The van der Waals surface area contributed by atoms with Crippen molar-refractivity contribution in [3.8, 4) is 0 Å². The van der Waals surface area contributed by atoms with Crippen molar-refractivity contribution in [1.29, 1.82) is 0 Å². The second-order valence-electron chi connectivity index (χ2n) is 7.34. The van der Waals surface area contributed by atoms with Crippen molar-refractivity contribution in [3.05, 3.63) is 90.0 Å². The van der Waals surface area contributed by atoms with Gasteiger partial charge in [0.2, 0.25) is 0 Å². The highest BCUT2D eigenvalue weighted by atomic mass is 16.3. The summed E-state index contributed by atoms with van der Waals surface area (Å²) in [5.74, 6) is -0.386. The summed E-state index contributed by atoms with van der Waals surface area (Å²) in [4.78, 5) is 18.8. The van der Waals surface area contributed by atoms with Crippen molar-refractivity contribution in [2.24, 2.45) is 0 Å². The number of pyridine rings is 1. The molecule has 5 rings (SSSR count). The highest BCUT2D eigenvalue weighted by Gasteiger charge is 2.46. The summed E-state index contributed by atoms with van der Waals surface area (Å²) in [6.07, 6.45) is 5.68. The Balaban J connectivity index is 1.55. The molecule has 3 heterocycles. The van der Waals surface area contributed by atoms with E-state index in [1.807, 2.05) is 48.5 Å². The molecule has 2 aromatic heterocycles. The van der Waals surface area contributed by atoms with E-state index in [0.29, 0.717) is 23.4 Å². The lowest BCUT2D eigenvalue weighted by Crippen LogP contribution is -2.35. The minimum atomic E-state index is -1.56. The molecule has 142 valence electrons. The summed E-state index contributed by atoms with van der Waals surface area (Å²) >= 11 is 0. The molecule has 0 radical (unpaired) electrons. The van der Waals surface area contributed by atoms with Crippen LogP contribution in [-0.2, 0) is 16.8 Å². The first kappa shape index (κ1) is 17.5. The summed E-state index contributed by atoms with van der Waals surface area (Å²) in [6.45, 7) is 1.52. The Morgan fingerprint density at radius 3 is 2.72 bits per heavy atom. The molecule has 6 heteroatoms. The van der Waals surface area contributed by atoms with Gasteiger partial charge in [0.1, 0.15) is 0 Å². The average Bonchev–Trinajstić information content (AvgIpc) is 2.95. The Bertz CT molecular complexity index is 1250. The Labute approximate surface area is 167 Å². The molecule has 2 aromatic carbocycles. The van der Waals surface area contributed by atoms with E-state index in [1.54, 1.807) is 24.7 Å². The minimum absolute atomic E-state index is 0.386. The van der Waals surface area contributed by atoms with E-state index in [2.05, 4.69) is 15.2 Å². The third-order valence-electron chi connectivity index (χ3n) is 5.35. The van der Waals surface area contributed by atoms with Crippen LogP contribution in [0.4, 0.5) is 11.4 Å². The van der Waals surface area contributed by atoms with Gasteiger partial charge in [-0.2, -0.15) is 10.2 Å². The number of aromatic nitrogens is 3. The van der Waals surface area contributed by atoms with Crippen LogP contribution in [0, 0.1) is 0 Å². The van der Waals surface area contributed by atoms with Crippen molar-refractivity contribution < 1.29 is 9.90 Å². The predicted molar refractivity (Wildman–Crippen MR) is 110 cm³/mol. The number of nitrogens with zero attached hydrogens (tertiary/aromatic N) is 4. The van der Waals surface area contributed by atoms with Crippen molar-refractivity contribution in [2.75, 3.05) is 4.90 Å². The van der Waals surface area contributed by atoms with Gasteiger partial charge in [-0.3, -0.25) is 14.7 Å². The first-order chi connectivity index (χ1) is 14.1. The number of carbonyl (C=O) groups excluding carboxylic acids is 1. The fourth-order valence-corrected chi connectivity index (χ4v) is 3.88. The molecule has 1 aliphatic heterocycles. The van der Waals surface area contributed by atoms with Gasteiger partial charge in [0.25, 0.3) is 5.91 Å². The number of anilines is 2. The lowest BCUT2D eigenvalue weighted by molar-refractivity contribution is -0.133. The largest absolute Gasteiger partial charge is 0.375 e. The van der Waals surface area contributed by atoms with E-state index in [-0.39, 0.29) is 5.91 Å². The second-order valence-corrected chi connectivity index (χ2v) is 7.34. The highest BCUT2D eigenvalue weighted by Crippen LogP contribution is 2.43. The van der Waals surface area contributed by atoms with Gasteiger partial charge in [-0.15, -0.1) is 0 Å². The number of para-hydroxylation sites is 1. The summed E-state index contributed by atoms with van der Waals surface area (Å²) in [5, 5.41) is 21.2. The first-order valence-electron chi connectivity index (χ1n) is 9.35. The summed E-state index contributed by atoms with van der Waals surface area (Å²) in [6, 6.07) is 17.2. The van der Waals surface area contributed by atoms with Crippen molar-refractivity contribution in [1.82, 2.24) is 15.2 Å². The molecule has 0 bridgehead atoms. The van der Waals surface area contributed by atoms with E-state index in [1.165, 1.54) is 11.8 Å². The molecule has 1 atom stereocenters. The van der Waals surface area contributed by atoms with Crippen molar-refractivity contribution in [3.63, 3.8) is 0 Å². The third-order valence-corrected chi connectivity index (χ3v) is 5.35. The molecule has 1 amide bonds. The maximum absolute atomic E-state index is 13.0. The van der Waals surface area contributed by atoms with Gasteiger partial charge in [-0.1, -0.05) is 42.5 Å². The Hall–Kier alpha value is -3.64. The SMILES string of the molecule is CC1(O)C(=O)N(c2cncc(Cc3nncc4ccccc34)c2)c2ccccc21. The van der Waals surface area contributed by atoms with Crippen LogP contribution < -0.4 is 4.90 Å². The molecule has 6 nitrogen and oxygen atoms in total. The number of aliphatic hydroxyl groups is 1. The molecule has 1 unspecified atom stereocenters. The maximum atomic E-state index is 13.0. The number of benzene rings is 2. The van der Waals surface area contributed by atoms with Crippen LogP contribution in [0.15, 0.2) is 73.2 Å². The third kappa shape index (κ3) is 2.77. The van der Waals surface area contributed by atoms with E-state index >= 15 is 0 Å². The minimum Gasteiger partial charge on any atom is -0.375 e. The molecule has 1 N–H and O–H groups in total. The van der Waals surface area contributed by atoms with Crippen molar-refractivity contribution in [2.45, 2.75) is 18.9 Å². The number of amides is 1. The highest BCUT2D eigenvalue weighted by molar-refractivity contribution is 6.11. The first-order valence-corrected chi connectivity index (χ1v) is 9.35. The van der Waals surface area contributed by atoms with E-state index in [4.69, 9.17) is 0 Å². The Morgan fingerprint density at radius 1 is 1.03 bits per heavy atom. The van der Waals surface area contributed by atoms with E-state index in [9.17, 15) is 9.90 Å². The Morgan fingerprint density at radius 2 is 1.83 bits per heavy atom. The monoisotopic (exact) mass is 382 g/mol. The van der Waals surface area contributed by atoms with Gasteiger partial charge in [-0.25, -0.2) is 0 Å². The summed E-state index contributed by atoms with van der Waals surface area (Å²) in [5.41, 5.74) is 2.08. The topological polar surface area (TPSA) is 79.2 Å². The standard InChI is InChI=1S/C23H18N4O2/c1-23(29)19-8-4-5-9-21(19)27(22(23)28)17-10-15(12-24-14-17)11-20-18-7-3-2-6-16(18)13-25-26-20/h2-10,12-14,29H,11H2,1H3. The van der Waals surface area contributed by atoms with Crippen LogP contribution in [0.3, 0.4) is 0 Å². The number of carbonyl (C=O) groups is 1. The van der Waals surface area contributed by atoms with Gasteiger partial charge in [0.15, 0.2) is 5.60 Å². The number of hydrogen-bond donors (Lipinski definition) is 1. The fraction of sp³-hybridized carbons (Fsp3) is 0.130. The number of rotatable bonds is 3. The molecule has 4 aromatic rings. The summed E-state index contributed by atoms with van der Waals surface area (Å²) in [7, 11) is 0. The van der Waals surface area contributed by atoms with Crippen LogP contribution in [0.1, 0.15) is 23.7 Å². The number of fused-ring (bicyclic) bond motifs is 2. The quantitative estimate of drug-likeness (QED) is 0.587. The van der Waals surface area contributed by atoms with Gasteiger partial charge < -0.3 is 5.11 Å². The van der Waals surface area contributed by atoms with E-state index < -0.39 is 5.60 Å². The van der Waals surface area contributed by atoms with Gasteiger partial charge in [-0.05, 0) is 24.6 Å². The molecule has 0 saturated heterocycles. The lowest BCUT2D eigenvalue weighted by atomic mass is 9.98. The molecule has 0 spiro atoms. The van der Waals surface area contributed by atoms with Gasteiger partial charge in [0, 0.05) is 29.0 Å². The molecule has 29 heavy (non-hydrogen) atoms. The zero-order valence-corrected chi connectivity index (χ0v) is 15.8. The average molecular weight is 382 g/mol. The van der Waals surface area contributed by atoms with Crippen LogP contribution in [0.2, 0.25) is 0 Å². The van der Waals surface area contributed by atoms with E-state index in [0.717, 1.165) is 22.0 Å². The maximum Gasteiger partial charge on any atom is 0.267 e. The molecule has 0 aliphatic carbocycles. The normalized spacial score (nSPS) is 18.3. The number of hydrogen-bond acceptors (Lipinski definition) is 5. The van der Waals surface area contributed by atoms with Crippen LogP contribution in [0.25, 0.3) is 10.8 Å². The predicted octanol–water partition coefficient (Wildman–Crippen LogP) is 3.50.